The molecule has 2 amide bonds. The third-order valence-corrected chi connectivity index (χ3v) is 2.72. The van der Waals surface area contributed by atoms with E-state index in [0.717, 1.165) is 0 Å². The molecule has 6 heteroatoms. The van der Waals surface area contributed by atoms with E-state index in [4.69, 9.17) is 10.5 Å². The number of aliphatic hydroxyl groups is 1. The summed E-state index contributed by atoms with van der Waals surface area (Å²) in [7, 11) is 0. The average Bonchev–Trinajstić information content (AvgIpc) is 2.58. The van der Waals surface area contributed by atoms with E-state index in [1.807, 2.05) is 0 Å². The maximum Gasteiger partial charge on any atom is 0.405 e. The number of rotatable bonds is 2. The van der Waals surface area contributed by atoms with Crippen molar-refractivity contribution >= 4 is 12.0 Å². The molecule has 1 aliphatic rings. The standard InChI is InChI=1S/C11H20N2O4/c1-11(2,3)8(17-10(12)16)9(15)13-5-4-7(14)6-13/h7-8,14H,4-6H2,1-3H3,(H2,12,16). The number of carbonyl (C=O) groups excluding carboxylic acids is 2. The molecule has 0 radical (unpaired) electrons. The van der Waals surface area contributed by atoms with Gasteiger partial charge >= 0.3 is 6.09 Å². The molecule has 1 fully saturated rings. The molecule has 2 atom stereocenters. The van der Waals surface area contributed by atoms with Gasteiger partial charge in [0.2, 0.25) is 0 Å². The third-order valence-electron chi connectivity index (χ3n) is 2.72. The van der Waals surface area contributed by atoms with E-state index in [-0.39, 0.29) is 12.5 Å². The summed E-state index contributed by atoms with van der Waals surface area (Å²) >= 11 is 0. The van der Waals surface area contributed by atoms with Crippen LogP contribution in [0.1, 0.15) is 27.2 Å². The molecule has 1 aliphatic heterocycles. The minimum atomic E-state index is -0.960. The minimum Gasteiger partial charge on any atom is -0.436 e. The van der Waals surface area contributed by atoms with Gasteiger partial charge in [0, 0.05) is 18.5 Å². The van der Waals surface area contributed by atoms with Crippen molar-refractivity contribution in [3.63, 3.8) is 0 Å². The molecule has 0 aromatic heterocycles. The van der Waals surface area contributed by atoms with Crippen molar-refractivity contribution in [1.29, 1.82) is 0 Å². The molecule has 1 heterocycles. The minimum absolute atomic E-state index is 0.285. The molecule has 0 aromatic rings. The van der Waals surface area contributed by atoms with Crippen molar-refractivity contribution in [3.05, 3.63) is 0 Å². The predicted octanol–water partition coefficient (Wildman–Crippen LogP) is 0.0896. The highest BCUT2D eigenvalue weighted by Crippen LogP contribution is 2.25. The summed E-state index contributed by atoms with van der Waals surface area (Å²) in [5.41, 5.74) is 4.44. The van der Waals surface area contributed by atoms with Crippen LogP contribution in [-0.2, 0) is 9.53 Å². The summed E-state index contributed by atoms with van der Waals surface area (Å²) in [4.78, 5) is 24.5. The third kappa shape index (κ3) is 3.59. The van der Waals surface area contributed by atoms with Crippen LogP contribution in [0.4, 0.5) is 4.79 Å². The molecule has 0 saturated carbocycles. The lowest BCUT2D eigenvalue weighted by Gasteiger charge is -2.31. The van der Waals surface area contributed by atoms with Crippen molar-refractivity contribution in [1.82, 2.24) is 4.90 Å². The van der Waals surface area contributed by atoms with Gasteiger partial charge in [0.15, 0.2) is 6.10 Å². The zero-order valence-electron chi connectivity index (χ0n) is 10.5. The second-order valence-corrected chi connectivity index (χ2v) is 5.41. The smallest absolute Gasteiger partial charge is 0.405 e. The number of primary amides is 1. The molecular weight excluding hydrogens is 224 g/mol. The van der Waals surface area contributed by atoms with Crippen molar-refractivity contribution in [2.75, 3.05) is 13.1 Å². The van der Waals surface area contributed by atoms with E-state index in [0.29, 0.717) is 13.0 Å². The van der Waals surface area contributed by atoms with Gasteiger partial charge in [-0.2, -0.15) is 0 Å². The van der Waals surface area contributed by atoms with Gasteiger partial charge < -0.3 is 20.5 Å². The van der Waals surface area contributed by atoms with E-state index in [1.165, 1.54) is 4.90 Å². The van der Waals surface area contributed by atoms with Gasteiger partial charge in [-0.1, -0.05) is 20.8 Å². The van der Waals surface area contributed by atoms with Gasteiger partial charge in [-0.3, -0.25) is 4.79 Å². The number of aliphatic hydroxyl groups excluding tert-OH is 1. The second-order valence-electron chi connectivity index (χ2n) is 5.41. The van der Waals surface area contributed by atoms with Crippen LogP contribution in [0.2, 0.25) is 0 Å². The number of nitrogens with two attached hydrogens (primary N) is 1. The Hall–Kier alpha value is -1.30. The van der Waals surface area contributed by atoms with Crippen LogP contribution in [0.25, 0.3) is 0 Å². The summed E-state index contributed by atoms with van der Waals surface area (Å²) < 4.78 is 4.89. The van der Waals surface area contributed by atoms with E-state index >= 15 is 0 Å². The first-order chi connectivity index (χ1) is 7.71. The summed E-state index contributed by atoms with van der Waals surface area (Å²) in [5, 5.41) is 9.39. The number of hydrogen-bond donors (Lipinski definition) is 2. The molecule has 0 bridgehead atoms. The first kappa shape index (κ1) is 13.8. The molecule has 1 saturated heterocycles. The summed E-state index contributed by atoms with van der Waals surface area (Å²) in [6.07, 6.45) is -1.81. The molecule has 0 aliphatic carbocycles. The molecule has 0 spiro atoms. The van der Waals surface area contributed by atoms with E-state index in [9.17, 15) is 14.7 Å². The maximum absolute atomic E-state index is 12.2. The topological polar surface area (TPSA) is 92.9 Å². The number of hydrogen-bond acceptors (Lipinski definition) is 4. The monoisotopic (exact) mass is 244 g/mol. The Bertz CT molecular complexity index is 311. The molecule has 1 rings (SSSR count). The first-order valence-corrected chi connectivity index (χ1v) is 5.64. The lowest BCUT2D eigenvalue weighted by atomic mass is 9.88. The van der Waals surface area contributed by atoms with Gasteiger partial charge in [-0.25, -0.2) is 4.79 Å². The van der Waals surface area contributed by atoms with Gasteiger partial charge in [0.05, 0.1) is 6.10 Å². The fourth-order valence-corrected chi connectivity index (χ4v) is 1.82. The van der Waals surface area contributed by atoms with Crippen LogP contribution in [0.5, 0.6) is 0 Å². The number of carbonyl (C=O) groups is 2. The normalized spacial score (nSPS) is 22.4. The van der Waals surface area contributed by atoms with E-state index in [1.54, 1.807) is 20.8 Å². The zero-order valence-corrected chi connectivity index (χ0v) is 10.5. The Morgan fingerprint density at radius 2 is 2.06 bits per heavy atom. The number of ether oxygens (including phenoxy) is 1. The number of likely N-dealkylation sites (tertiary alicyclic amines) is 1. The average molecular weight is 244 g/mol. The molecule has 6 nitrogen and oxygen atoms in total. The van der Waals surface area contributed by atoms with E-state index < -0.39 is 23.7 Å². The van der Waals surface area contributed by atoms with Crippen LogP contribution >= 0.6 is 0 Å². The molecule has 3 N–H and O–H groups in total. The lowest BCUT2D eigenvalue weighted by molar-refractivity contribution is -0.145. The Morgan fingerprint density at radius 1 is 1.47 bits per heavy atom. The lowest BCUT2D eigenvalue weighted by Crippen LogP contribution is -2.47. The van der Waals surface area contributed by atoms with Gasteiger partial charge in [0.1, 0.15) is 0 Å². The summed E-state index contributed by atoms with van der Waals surface area (Å²) in [6, 6.07) is 0. The predicted molar refractivity (Wildman–Crippen MR) is 61.1 cm³/mol. The fraction of sp³-hybridized carbons (Fsp3) is 0.818. The SMILES string of the molecule is CC(C)(C)C(OC(N)=O)C(=O)N1CCC(O)C1. The van der Waals surface area contributed by atoms with Crippen LogP contribution in [0, 0.1) is 5.41 Å². The fourth-order valence-electron chi connectivity index (χ4n) is 1.82. The molecule has 0 aromatic carbocycles. The largest absolute Gasteiger partial charge is 0.436 e. The number of amides is 2. The van der Waals surface area contributed by atoms with Gasteiger partial charge in [-0.05, 0) is 6.42 Å². The van der Waals surface area contributed by atoms with Gasteiger partial charge in [0.25, 0.3) is 5.91 Å². The number of nitrogens with zero attached hydrogens (tertiary/aromatic N) is 1. The zero-order chi connectivity index (χ0) is 13.2. The molecular formula is C11H20N2O4. The number of β-amino-alcohol motifs (C(OH)–C–C–N with tert-alkyl or cyclic N) is 1. The van der Waals surface area contributed by atoms with Gasteiger partial charge in [-0.15, -0.1) is 0 Å². The highest BCUT2D eigenvalue weighted by atomic mass is 16.6. The Balaban J connectivity index is 2.76. The van der Waals surface area contributed by atoms with Crippen molar-refractivity contribution in [2.45, 2.75) is 39.4 Å². The first-order valence-electron chi connectivity index (χ1n) is 5.64. The maximum atomic E-state index is 12.2. The highest BCUT2D eigenvalue weighted by molar-refractivity contribution is 5.84. The van der Waals surface area contributed by atoms with E-state index in [2.05, 4.69) is 0 Å². The quantitative estimate of drug-likeness (QED) is 0.720. The molecule has 98 valence electrons. The van der Waals surface area contributed by atoms with Crippen LogP contribution in [0.15, 0.2) is 0 Å². The Morgan fingerprint density at radius 3 is 2.41 bits per heavy atom. The van der Waals surface area contributed by atoms with Crippen LogP contribution < -0.4 is 5.73 Å². The summed E-state index contributed by atoms with van der Waals surface area (Å²) in [5.74, 6) is -0.298. The highest BCUT2D eigenvalue weighted by Gasteiger charge is 2.39. The molecule has 17 heavy (non-hydrogen) atoms. The Kier molecular flexibility index (Phi) is 3.98. The van der Waals surface area contributed by atoms with Crippen LogP contribution in [0.3, 0.4) is 0 Å². The summed E-state index contributed by atoms with van der Waals surface area (Å²) in [6.45, 7) is 6.16. The van der Waals surface area contributed by atoms with Crippen molar-refractivity contribution in [2.24, 2.45) is 11.1 Å². The van der Waals surface area contributed by atoms with Crippen molar-refractivity contribution in [3.8, 4) is 0 Å². The van der Waals surface area contributed by atoms with Crippen molar-refractivity contribution < 1.29 is 19.4 Å². The molecule has 2 unspecified atom stereocenters. The van der Waals surface area contributed by atoms with Crippen LogP contribution in [-0.4, -0.2) is 47.3 Å². The second kappa shape index (κ2) is 4.91. The Labute approximate surface area is 101 Å².